The van der Waals surface area contributed by atoms with E-state index in [9.17, 15) is 0 Å². The van der Waals surface area contributed by atoms with E-state index in [0.717, 1.165) is 6.42 Å². The fourth-order valence-electron chi connectivity index (χ4n) is 0.824. The second kappa shape index (κ2) is 2.19. The minimum Gasteiger partial charge on any atom is -0.393 e. The van der Waals surface area contributed by atoms with Gasteiger partial charge < -0.3 is 11.5 Å². The molecule has 0 aromatic carbocycles. The Morgan fingerprint density at radius 2 is 1.44 bits per heavy atom. The van der Waals surface area contributed by atoms with Gasteiger partial charge >= 0.3 is 0 Å². The van der Waals surface area contributed by atoms with Crippen LogP contribution in [-0.2, 0) is 0 Å². The number of thiocarbonyl (C=S) groups is 2. The fraction of sp³-hybridized carbons (Fsp3) is 0.600. The minimum absolute atomic E-state index is 0.303. The first-order valence-electron chi connectivity index (χ1n) is 2.71. The molecule has 2 nitrogen and oxygen atoms in total. The maximum atomic E-state index is 5.34. The first kappa shape index (κ1) is 6.89. The van der Waals surface area contributed by atoms with Crippen LogP contribution >= 0.6 is 24.4 Å². The van der Waals surface area contributed by atoms with Gasteiger partial charge in [0.05, 0.1) is 9.98 Å². The van der Waals surface area contributed by atoms with Crippen molar-refractivity contribution in [2.24, 2.45) is 23.3 Å². The van der Waals surface area contributed by atoms with Crippen molar-refractivity contribution in [2.45, 2.75) is 6.42 Å². The molecule has 4 N–H and O–H groups in total. The molecule has 1 rings (SSSR count). The predicted molar refractivity (Wildman–Crippen MR) is 45.2 cm³/mol. The van der Waals surface area contributed by atoms with Crippen LogP contribution in [0, 0.1) is 11.8 Å². The monoisotopic (exact) mass is 160 g/mol. The number of hydrogen-bond acceptors (Lipinski definition) is 2. The summed E-state index contributed by atoms with van der Waals surface area (Å²) >= 11 is 9.48. The van der Waals surface area contributed by atoms with E-state index in [1.807, 2.05) is 0 Å². The van der Waals surface area contributed by atoms with Crippen molar-refractivity contribution in [3.63, 3.8) is 0 Å². The van der Waals surface area contributed by atoms with E-state index in [2.05, 4.69) is 0 Å². The molecule has 1 saturated carbocycles. The SMILES string of the molecule is NC(=S)C1CC1C(N)=S. The molecule has 0 aromatic rings. The lowest BCUT2D eigenvalue weighted by Gasteiger charge is -1.92. The lowest BCUT2D eigenvalue weighted by atomic mass is 10.3. The Balaban J connectivity index is 2.42. The minimum atomic E-state index is 0.303. The van der Waals surface area contributed by atoms with E-state index in [0.29, 0.717) is 21.8 Å². The molecular weight excluding hydrogens is 152 g/mol. The van der Waals surface area contributed by atoms with Crippen molar-refractivity contribution < 1.29 is 0 Å². The zero-order valence-corrected chi connectivity index (χ0v) is 6.47. The molecule has 0 aromatic heterocycles. The van der Waals surface area contributed by atoms with Gasteiger partial charge in [0.25, 0.3) is 0 Å². The van der Waals surface area contributed by atoms with Crippen molar-refractivity contribution in [2.75, 3.05) is 0 Å². The topological polar surface area (TPSA) is 52.0 Å². The Labute approximate surface area is 64.6 Å². The standard InChI is InChI=1S/C5H8N2S2/c6-4(8)2-1-3(2)5(7)9/h2-3H,1H2,(H2,6,8)(H2,7,9). The van der Waals surface area contributed by atoms with Gasteiger partial charge in [-0.15, -0.1) is 0 Å². The third-order valence-electron chi connectivity index (χ3n) is 1.52. The average Bonchev–Trinajstić information content (AvgIpc) is 2.39. The van der Waals surface area contributed by atoms with Crippen LogP contribution in [0.2, 0.25) is 0 Å². The highest BCUT2D eigenvalue weighted by Crippen LogP contribution is 2.38. The van der Waals surface area contributed by atoms with Crippen LogP contribution in [0.25, 0.3) is 0 Å². The van der Waals surface area contributed by atoms with Crippen LogP contribution in [0.3, 0.4) is 0 Å². The Morgan fingerprint density at radius 1 is 1.11 bits per heavy atom. The van der Waals surface area contributed by atoms with Crippen LogP contribution in [0.1, 0.15) is 6.42 Å². The molecule has 0 bridgehead atoms. The van der Waals surface area contributed by atoms with E-state index < -0.39 is 0 Å². The van der Waals surface area contributed by atoms with Gasteiger partial charge in [0.1, 0.15) is 0 Å². The third kappa shape index (κ3) is 1.37. The quantitative estimate of drug-likeness (QED) is 0.566. The molecule has 1 aliphatic rings. The van der Waals surface area contributed by atoms with Gasteiger partial charge in [-0.3, -0.25) is 0 Å². The molecule has 1 aliphatic carbocycles. The normalized spacial score (nSPS) is 31.6. The molecule has 1 fully saturated rings. The summed E-state index contributed by atoms with van der Waals surface area (Å²) in [6.45, 7) is 0. The largest absolute Gasteiger partial charge is 0.393 e. The molecule has 0 radical (unpaired) electrons. The summed E-state index contributed by atoms with van der Waals surface area (Å²) in [5, 5.41) is 0. The Morgan fingerprint density at radius 3 is 1.56 bits per heavy atom. The van der Waals surface area contributed by atoms with Crippen LogP contribution in [0.5, 0.6) is 0 Å². The van der Waals surface area contributed by atoms with Gasteiger partial charge in [0, 0.05) is 11.8 Å². The summed E-state index contributed by atoms with van der Waals surface area (Å²) in [6, 6.07) is 0. The van der Waals surface area contributed by atoms with Crippen molar-refractivity contribution in [3.05, 3.63) is 0 Å². The Kier molecular flexibility index (Phi) is 1.68. The Bertz CT molecular complexity index is 148. The molecule has 0 heterocycles. The molecule has 2 unspecified atom stereocenters. The maximum Gasteiger partial charge on any atom is 0.0766 e. The van der Waals surface area contributed by atoms with E-state index in [1.165, 1.54) is 0 Å². The van der Waals surface area contributed by atoms with Crippen molar-refractivity contribution >= 4 is 34.4 Å². The van der Waals surface area contributed by atoms with Crippen LogP contribution < -0.4 is 11.5 Å². The van der Waals surface area contributed by atoms with Crippen molar-refractivity contribution in [1.29, 1.82) is 0 Å². The van der Waals surface area contributed by atoms with E-state index in [4.69, 9.17) is 35.9 Å². The summed E-state index contributed by atoms with van der Waals surface area (Å²) in [6.07, 6.45) is 0.963. The fourth-order valence-corrected chi connectivity index (χ4v) is 1.34. The lowest BCUT2D eigenvalue weighted by molar-refractivity contribution is 1.10. The van der Waals surface area contributed by atoms with Gasteiger partial charge in [-0.2, -0.15) is 0 Å². The van der Waals surface area contributed by atoms with Gasteiger partial charge in [0.2, 0.25) is 0 Å². The first-order valence-corrected chi connectivity index (χ1v) is 3.53. The summed E-state index contributed by atoms with van der Waals surface area (Å²) < 4.78 is 0. The molecule has 2 atom stereocenters. The van der Waals surface area contributed by atoms with Gasteiger partial charge in [-0.25, -0.2) is 0 Å². The smallest absolute Gasteiger partial charge is 0.0766 e. The first-order chi connectivity index (χ1) is 4.13. The Hall–Kier alpha value is -0.220. The molecule has 9 heavy (non-hydrogen) atoms. The number of hydrogen-bond donors (Lipinski definition) is 2. The summed E-state index contributed by atoms with van der Waals surface area (Å²) in [4.78, 5) is 1.10. The average molecular weight is 160 g/mol. The van der Waals surface area contributed by atoms with Crippen molar-refractivity contribution in [3.8, 4) is 0 Å². The highest BCUT2D eigenvalue weighted by Gasteiger charge is 2.41. The zero-order valence-electron chi connectivity index (χ0n) is 4.83. The summed E-state index contributed by atoms with van der Waals surface area (Å²) in [7, 11) is 0. The van der Waals surface area contributed by atoms with E-state index >= 15 is 0 Å². The third-order valence-corrected chi connectivity index (χ3v) is 2.13. The zero-order chi connectivity index (χ0) is 7.02. The highest BCUT2D eigenvalue weighted by atomic mass is 32.1. The molecule has 0 saturated heterocycles. The van der Waals surface area contributed by atoms with Gasteiger partial charge in [-0.1, -0.05) is 24.4 Å². The van der Waals surface area contributed by atoms with Crippen LogP contribution in [0.15, 0.2) is 0 Å². The molecule has 4 heteroatoms. The number of rotatable bonds is 2. The van der Waals surface area contributed by atoms with Crippen molar-refractivity contribution in [1.82, 2.24) is 0 Å². The lowest BCUT2D eigenvalue weighted by Crippen LogP contribution is -2.17. The van der Waals surface area contributed by atoms with E-state index in [1.54, 1.807) is 0 Å². The molecule has 0 spiro atoms. The predicted octanol–water partition coefficient (Wildman–Crippen LogP) is 0.195. The number of nitrogens with two attached hydrogens (primary N) is 2. The summed E-state index contributed by atoms with van der Waals surface area (Å²) in [5.41, 5.74) is 10.7. The summed E-state index contributed by atoms with van der Waals surface area (Å²) in [5.74, 6) is 0.606. The van der Waals surface area contributed by atoms with E-state index in [-0.39, 0.29) is 0 Å². The second-order valence-electron chi connectivity index (χ2n) is 2.25. The van der Waals surface area contributed by atoms with Crippen LogP contribution in [0.4, 0.5) is 0 Å². The maximum absolute atomic E-state index is 5.34. The molecule has 0 aliphatic heterocycles. The molecular formula is C5H8N2S2. The second-order valence-corrected chi connectivity index (χ2v) is 3.20. The van der Waals surface area contributed by atoms with Gasteiger partial charge in [0.15, 0.2) is 0 Å². The van der Waals surface area contributed by atoms with Gasteiger partial charge in [-0.05, 0) is 6.42 Å². The molecule has 0 amide bonds. The highest BCUT2D eigenvalue weighted by molar-refractivity contribution is 7.80. The molecule has 50 valence electrons. The van der Waals surface area contributed by atoms with Crippen LogP contribution in [-0.4, -0.2) is 9.98 Å².